The van der Waals surface area contributed by atoms with E-state index >= 15 is 0 Å². The summed E-state index contributed by atoms with van der Waals surface area (Å²) in [6, 6.07) is 0. The van der Waals surface area contributed by atoms with Gasteiger partial charge in [0.1, 0.15) is 0 Å². The van der Waals surface area contributed by atoms with Crippen LogP contribution >= 0.6 is 0 Å². The topological polar surface area (TPSA) is 41.6 Å². The van der Waals surface area contributed by atoms with Gasteiger partial charge in [-0.15, -0.1) is 0 Å². The summed E-state index contributed by atoms with van der Waals surface area (Å²) < 4.78 is 5.52. The van der Waals surface area contributed by atoms with Crippen molar-refractivity contribution in [2.45, 2.75) is 39.5 Å². The fraction of sp³-hybridized carbons (Fsp3) is 0.938. The Morgan fingerprint density at radius 3 is 2.75 bits per heavy atom. The van der Waals surface area contributed by atoms with E-state index in [1.807, 2.05) is 11.9 Å². The third-order valence-electron chi connectivity index (χ3n) is 5.00. The molecule has 2 saturated heterocycles. The monoisotopic (exact) mass is 282 g/mol. The number of rotatable bonds is 4. The van der Waals surface area contributed by atoms with Gasteiger partial charge >= 0.3 is 0 Å². The van der Waals surface area contributed by atoms with E-state index in [0.29, 0.717) is 11.8 Å². The molecule has 2 atom stereocenters. The maximum atomic E-state index is 12.8. The molecule has 2 unspecified atom stereocenters. The van der Waals surface area contributed by atoms with Crippen LogP contribution in [0.5, 0.6) is 0 Å². The Labute approximate surface area is 123 Å². The van der Waals surface area contributed by atoms with Crippen molar-refractivity contribution in [3.63, 3.8) is 0 Å². The zero-order chi connectivity index (χ0) is 14.6. The van der Waals surface area contributed by atoms with E-state index < -0.39 is 0 Å². The Kier molecular flexibility index (Phi) is 5.44. The SMILES string of the molecule is CN(CC1CCCOC1)C(=O)C(C)(C)C1CCCNC1. The quantitative estimate of drug-likeness (QED) is 0.856. The van der Waals surface area contributed by atoms with Gasteiger partial charge in [-0.3, -0.25) is 4.79 Å². The first-order chi connectivity index (χ1) is 9.51. The van der Waals surface area contributed by atoms with Crippen molar-refractivity contribution in [2.75, 3.05) is 39.9 Å². The standard InChI is InChI=1S/C16H30N2O2/c1-16(2,14-7-4-8-17-10-14)15(19)18(3)11-13-6-5-9-20-12-13/h13-14,17H,4-12H2,1-3H3. The van der Waals surface area contributed by atoms with Crippen molar-refractivity contribution in [3.05, 3.63) is 0 Å². The molecule has 2 aliphatic rings. The summed E-state index contributed by atoms with van der Waals surface area (Å²) in [5, 5.41) is 3.43. The van der Waals surface area contributed by atoms with Crippen LogP contribution in [-0.4, -0.2) is 50.7 Å². The van der Waals surface area contributed by atoms with Crippen molar-refractivity contribution in [2.24, 2.45) is 17.3 Å². The van der Waals surface area contributed by atoms with Crippen molar-refractivity contribution in [1.29, 1.82) is 0 Å². The lowest BCUT2D eigenvalue weighted by atomic mass is 9.74. The molecule has 0 aromatic rings. The molecule has 0 bridgehead atoms. The van der Waals surface area contributed by atoms with Gasteiger partial charge < -0.3 is 15.0 Å². The molecule has 1 N–H and O–H groups in total. The first-order valence-corrected chi connectivity index (χ1v) is 8.06. The van der Waals surface area contributed by atoms with Gasteiger partial charge in [0.2, 0.25) is 5.91 Å². The maximum absolute atomic E-state index is 12.8. The summed E-state index contributed by atoms with van der Waals surface area (Å²) in [6.45, 7) is 8.82. The van der Waals surface area contributed by atoms with Gasteiger partial charge in [-0.1, -0.05) is 13.8 Å². The lowest BCUT2D eigenvalue weighted by Crippen LogP contribution is -2.49. The van der Waals surface area contributed by atoms with Crippen LogP contribution in [0.4, 0.5) is 0 Å². The highest BCUT2D eigenvalue weighted by Crippen LogP contribution is 2.33. The smallest absolute Gasteiger partial charge is 0.228 e. The average molecular weight is 282 g/mol. The van der Waals surface area contributed by atoms with Gasteiger partial charge in [-0.05, 0) is 50.6 Å². The molecule has 20 heavy (non-hydrogen) atoms. The van der Waals surface area contributed by atoms with Crippen LogP contribution in [0.25, 0.3) is 0 Å². The Morgan fingerprint density at radius 2 is 2.15 bits per heavy atom. The minimum Gasteiger partial charge on any atom is -0.381 e. The molecule has 0 radical (unpaired) electrons. The molecule has 2 heterocycles. The number of ether oxygens (including phenoxy) is 1. The van der Waals surface area contributed by atoms with Crippen LogP contribution in [0.1, 0.15) is 39.5 Å². The van der Waals surface area contributed by atoms with E-state index in [4.69, 9.17) is 4.74 Å². The van der Waals surface area contributed by atoms with E-state index in [1.54, 1.807) is 0 Å². The van der Waals surface area contributed by atoms with Crippen LogP contribution in [0, 0.1) is 17.3 Å². The third-order valence-corrected chi connectivity index (χ3v) is 5.00. The number of carbonyl (C=O) groups excluding carboxylic acids is 1. The highest BCUT2D eigenvalue weighted by atomic mass is 16.5. The van der Waals surface area contributed by atoms with E-state index in [0.717, 1.165) is 45.7 Å². The molecule has 2 aliphatic heterocycles. The summed E-state index contributed by atoms with van der Waals surface area (Å²) in [6.07, 6.45) is 4.65. The van der Waals surface area contributed by atoms with Gasteiger partial charge in [-0.25, -0.2) is 0 Å². The van der Waals surface area contributed by atoms with Crippen LogP contribution in [0.3, 0.4) is 0 Å². The molecule has 0 spiro atoms. The predicted octanol–water partition coefficient (Wildman–Crippen LogP) is 1.90. The fourth-order valence-corrected chi connectivity index (χ4v) is 3.56. The highest BCUT2D eigenvalue weighted by Gasteiger charge is 2.39. The molecular formula is C16H30N2O2. The van der Waals surface area contributed by atoms with Crippen LogP contribution in [-0.2, 0) is 9.53 Å². The second-order valence-electron chi connectivity index (χ2n) is 7.03. The number of nitrogens with one attached hydrogen (secondary N) is 1. The zero-order valence-corrected chi connectivity index (χ0v) is 13.3. The Morgan fingerprint density at radius 1 is 1.35 bits per heavy atom. The lowest BCUT2D eigenvalue weighted by Gasteiger charge is -2.39. The van der Waals surface area contributed by atoms with Crippen molar-refractivity contribution in [1.82, 2.24) is 10.2 Å². The predicted molar refractivity (Wildman–Crippen MR) is 80.6 cm³/mol. The minimum atomic E-state index is -0.266. The molecule has 2 fully saturated rings. The van der Waals surface area contributed by atoms with E-state index in [1.165, 1.54) is 12.8 Å². The largest absolute Gasteiger partial charge is 0.381 e. The summed E-state index contributed by atoms with van der Waals surface area (Å²) in [5.41, 5.74) is -0.266. The molecule has 4 heteroatoms. The summed E-state index contributed by atoms with van der Waals surface area (Å²) in [4.78, 5) is 14.7. The molecule has 0 saturated carbocycles. The highest BCUT2D eigenvalue weighted by molar-refractivity contribution is 5.82. The third kappa shape index (κ3) is 3.73. The van der Waals surface area contributed by atoms with Gasteiger partial charge in [0, 0.05) is 25.6 Å². The maximum Gasteiger partial charge on any atom is 0.228 e. The molecule has 1 amide bonds. The molecule has 116 valence electrons. The number of hydrogen-bond acceptors (Lipinski definition) is 3. The lowest BCUT2D eigenvalue weighted by molar-refractivity contribution is -0.143. The van der Waals surface area contributed by atoms with E-state index in [9.17, 15) is 4.79 Å². The van der Waals surface area contributed by atoms with Gasteiger partial charge in [-0.2, -0.15) is 0 Å². The molecule has 0 aliphatic carbocycles. The Balaban J connectivity index is 1.90. The summed E-state index contributed by atoms with van der Waals surface area (Å²) in [5.74, 6) is 1.25. The summed E-state index contributed by atoms with van der Waals surface area (Å²) >= 11 is 0. The fourth-order valence-electron chi connectivity index (χ4n) is 3.56. The number of hydrogen-bond donors (Lipinski definition) is 1. The molecule has 0 aromatic heterocycles. The van der Waals surface area contributed by atoms with Crippen LogP contribution < -0.4 is 5.32 Å². The second-order valence-corrected chi connectivity index (χ2v) is 7.03. The number of nitrogens with zero attached hydrogens (tertiary/aromatic N) is 1. The Bertz CT molecular complexity index is 318. The van der Waals surface area contributed by atoms with Gasteiger partial charge in [0.05, 0.1) is 6.61 Å². The molecule has 0 aromatic carbocycles. The molecule has 2 rings (SSSR count). The molecule has 4 nitrogen and oxygen atoms in total. The van der Waals surface area contributed by atoms with Crippen LogP contribution in [0.15, 0.2) is 0 Å². The minimum absolute atomic E-state index is 0.266. The van der Waals surface area contributed by atoms with E-state index in [-0.39, 0.29) is 11.3 Å². The molecular weight excluding hydrogens is 252 g/mol. The van der Waals surface area contributed by atoms with Crippen molar-refractivity contribution < 1.29 is 9.53 Å². The van der Waals surface area contributed by atoms with Gasteiger partial charge in [0.15, 0.2) is 0 Å². The van der Waals surface area contributed by atoms with Crippen LogP contribution in [0.2, 0.25) is 0 Å². The second kappa shape index (κ2) is 6.90. The first-order valence-electron chi connectivity index (χ1n) is 8.06. The van der Waals surface area contributed by atoms with Crippen molar-refractivity contribution >= 4 is 5.91 Å². The summed E-state index contributed by atoms with van der Waals surface area (Å²) in [7, 11) is 1.95. The number of carbonyl (C=O) groups is 1. The average Bonchev–Trinajstić information content (AvgIpc) is 2.48. The normalized spacial score (nSPS) is 28.1. The van der Waals surface area contributed by atoms with E-state index in [2.05, 4.69) is 19.2 Å². The number of amides is 1. The Hall–Kier alpha value is -0.610. The first kappa shape index (κ1) is 15.8. The van der Waals surface area contributed by atoms with Gasteiger partial charge in [0.25, 0.3) is 0 Å². The van der Waals surface area contributed by atoms with Crippen molar-refractivity contribution in [3.8, 4) is 0 Å². The number of piperidine rings is 1. The zero-order valence-electron chi connectivity index (χ0n) is 13.3.